The summed E-state index contributed by atoms with van der Waals surface area (Å²) in [6, 6.07) is 8.78. The summed E-state index contributed by atoms with van der Waals surface area (Å²) in [7, 11) is 0. The van der Waals surface area contributed by atoms with Crippen LogP contribution in [0.3, 0.4) is 0 Å². The lowest BCUT2D eigenvalue weighted by atomic mass is 10.0. The molecule has 2 aromatic carbocycles. The maximum Gasteiger partial charge on any atom is 0.0691 e. The largest absolute Gasteiger partial charge is 0.253 e. The molecule has 0 spiro atoms. The van der Waals surface area contributed by atoms with Crippen molar-refractivity contribution in [2.75, 3.05) is 0 Å². The number of nitrogens with zero attached hydrogens (tertiary/aromatic N) is 1. The Kier molecular flexibility index (Phi) is 7.36. The van der Waals surface area contributed by atoms with Gasteiger partial charge in [-0.05, 0) is 95.7 Å². The molecule has 25 heavy (non-hydrogen) atoms. The molecule has 0 aromatic heterocycles. The van der Waals surface area contributed by atoms with Gasteiger partial charge in [0, 0.05) is 5.71 Å². The van der Waals surface area contributed by atoms with E-state index in [1.807, 2.05) is 13.8 Å². The maximum absolute atomic E-state index is 4.62. The fourth-order valence-corrected chi connectivity index (χ4v) is 2.86. The first-order chi connectivity index (χ1) is 11.5. The van der Waals surface area contributed by atoms with E-state index in [1.54, 1.807) is 0 Å². The SMILES string of the molecule is C=C(C)C(C)=Nc1c(C)cc(C)cc1C.Cc1cc(C)c(C)c(C)c1. The number of hydrogen-bond donors (Lipinski definition) is 0. The van der Waals surface area contributed by atoms with Gasteiger partial charge in [0.25, 0.3) is 0 Å². The van der Waals surface area contributed by atoms with Crippen molar-refractivity contribution in [2.24, 2.45) is 4.99 Å². The van der Waals surface area contributed by atoms with Gasteiger partial charge in [-0.1, -0.05) is 42.0 Å². The first-order valence-electron chi connectivity index (χ1n) is 8.86. The molecule has 0 heterocycles. The molecule has 2 aromatic rings. The predicted octanol–water partition coefficient (Wildman–Crippen LogP) is 7.20. The Morgan fingerprint density at radius 3 is 1.40 bits per heavy atom. The molecule has 1 nitrogen and oxygen atoms in total. The van der Waals surface area contributed by atoms with Crippen molar-refractivity contribution in [3.63, 3.8) is 0 Å². The normalized spacial score (nSPS) is 11.0. The molecule has 0 radical (unpaired) electrons. The first kappa shape index (κ1) is 20.9. The molecule has 2 rings (SSSR count). The average Bonchev–Trinajstić information content (AvgIpc) is 2.48. The van der Waals surface area contributed by atoms with Crippen molar-refractivity contribution in [2.45, 2.75) is 62.3 Å². The summed E-state index contributed by atoms with van der Waals surface area (Å²) in [4.78, 5) is 4.62. The molecule has 0 atom stereocenters. The number of rotatable bonds is 2. The topological polar surface area (TPSA) is 12.4 Å². The van der Waals surface area contributed by atoms with Crippen LogP contribution in [0.25, 0.3) is 0 Å². The van der Waals surface area contributed by atoms with E-state index in [9.17, 15) is 0 Å². The van der Waals surface area contributed by atoms with Gasteiger partial charge in [0.1, 0.15) is 0 Å². The third-order valence-corrected chi connectivity index (χ3v) is 4.60. The van der Waals surface area contributed by atoms with Crippen LogP contribution >= 0.6 is 0 Å². The lowest BCUT2D eigenvalue weighted by Gasteiger charge is -2.08. The summed E-state index contributed by atoms with van der Waals surface area (Å²) in [6.45, 7) is 22.8. The molecule has 0 aliphatic carbocycles. The molecule has 0 saturated carbocycles. The van der Waals surface area contributed by atoms with Gasteiger partial charge in [0.05, 0.1) is 5.69 Å². The van der Waals surface area contributed by atoms with Crippen LogP contribution in [-0.2, 0) is 0 Å². The number of aliphatic imine (C=N–C) groups is 1. The van der Waals surface area contributed by atoms with Gasteiger partial charge < -0.3 is 0 Å². The van der Waals surface area contributed by atoms with Gasteiger partial charge in [-0.3, -0.25) is 4.99 Å². The highest BCUT2D eigenvalue weighted by Crippen LogP contribution is 2.25. The minimum absolute atomic E-state index is 1.00. The van der Waals surface area contributed by atoms with Crippen LogP contribution in [0.5, 0.6) is 0 Å². The minimum atomic E-state index is 1.00. The highest BCUT2D eigenvalue weighted by atomic mass is 14.8. The zero-order chi connectivity index (χ0) is 19.3. The van der Waals surface area contributed by atoms with Crippen molar-refractivity contribution >= 4 is 11.4 Å². The summed E-state index contributed by atoms with van der Waals surface area (Å²) in [5.74, 6) is 0. The third kappa shape index (κ3) is 6.01. The fourth-order valence-electron chi connectivity index (χ4n) is 2.86. The Morgan fingerprint density at radius 1 is 0.680 bits per heavy atom. The lowest BCUT2D eigenvalue weighted by molar-refractivity contribution is 1.23. The molecule has 0 aliphatic rings. The summed E-state index contributed by atoms with van der Waals surface area (Å²) in [5, 5.41) is 0. The standard InChI is InChI=1S/C14H19N.C10H14/c1-9(2)13(6)15-14-11(4)7-10(3)8-12(14)5;1-7-5-8(2)10(4)9(3)6-7/h7-8H,1H2,2-6H3;5-6H,1-4H3. The van der Waals surface area contributed by atoms with Crippen LogP contribution in [0.1, 0.15) is 52.8 Å². The van der Waals surface area contributed by atoms with Crippen molar-refractivity contribution in [1.29, 1.82) is 0 Å². The van der Waals surface area contributed by atoms with Gasteiger partial charge in [-0.25, -0.2) is 0 Å². The van der Waals surface area contributed by atoms with E-state index in [4.69, 9.17) is 0 Å². The molecule has 1 heteroatoms. The summed E-state index contributed by atoms with van der Waals surface area (Å²) in [5.41, 5.74) is 12.4. The Bertz CT molecular complexity index is 761. The molecule has 0 N–H and O–H groups in total. The fraction of sp³-hybridized carbons (Fsp3) is 0.375. The van der Waals surface area contributed by atoms with Crippen LogP contribution in [0.4, 0.5) is 5.69 Å². The lowest BCUT2D eigenvalue weighted by Crippen LogP contribution is -1.92. The van der Waals surface area contributed by atoms with Gasteiger partial charge in [-0.15, -0.1) is 0 Å². The first-order valence-corrected chi connectivity index (χ1v) is 8.86. The van der Waals surface area contributed by atoms with Crippen molar-refractivity contribution in [3.05, 3.63) is 75.4 Å². The molecule has 0 fully saturated rings. The van der Waals surface area contributed by atoms with Crippen LogP contribution < -0.4 is 0 Å². The molecule has 0 aliphatic heterocycles. The van der Waals surface area contributed by atoms with Crippen LogP contribution in [0.15, 0.2) is 41.4 Å². The Morgan fingerprint density at radius 2 is 1.04 bits per heavy atom. The van der Waals surface area contributed by atoms with Gasteiger partial charge >= 0.3 is 0 Å². The number of allylic oxidation sites excluding steroid dienone is 1. The second-order valence-corrected chi connectivity index (χ2v) is 7.25. The quantitative estimate of drug-likeness (QED) is 0.514. The monoisotopic (exact) mass is 335 g/mol. The van der Waals surface area contributed by atoms with Crippen LogP contribution in [0.2, 0.25) is 0 Å². The number of hydrogen-bond acceptors (Lipinski definition) is 1. The van der Waals surface area contributed by atoms with Gasteiger partial charge in [0.2, 0.25) is 0 Å². The highest BCUT2D eigenvalue weighted by molar-refractivity contribution is 5.99. The van der Waals surface area contributed by atoms with E-state index >= 15 is 0 Å². The summed E-state index contributed by atoms with van der Waals surface area (Å²) < 4.78 is 0. The number of aryl methyl sites for hydroxylation is 6. The predicted molar refractivity (Wildman–Crippen MR) is 114 cm³/mol. The zero-order valence-corrected chi connectivity index (χ0v) is 17.5. The molecule has 134 valence electrons. The minimum Gasteiger partial charge on any atom is -0.253 e. The van der Waals surface area contributed by atoms with E-state index in [2.05, 4.69) is 84.3 Å². The average molecular weight is 336 g/mol. The van der Waals surface area contributed by atoms with E-state index in [1.165, 1.54) is 38.9 Å². The number of benzene rings is 2. The molecule has 0 bridgehead atoms. The third-order valence-electron chi connectivity index (χ3n) is 4.60. The van der Waals surface area contributed by atoms with E-state index in [0.29, 0.717) is 0 Å². The summed E-state index contributed by atoms with van der Waals surface area (Å²) in [6.07, 6.45) is 0. The van der Waals surface area contributed by atoms with Gasteiger partial charge in [-0.2, -0.15) is 0 Å². The zero-order valence-electron chi connectivity index (χ0n) is 17.5. The Balaban J connectivity index is 0.000000271. The second-order valence-electron chi connectivity index (χ2n) is 7.25. The van der Waals surface area contributed by atoms with E-state index in [-0.39, 0.29) is 0 Å². The molecular weight excluding hydrogens is 302 g/mol. The van der Waals surface area contributed by atoms with Crippen LogP contribution in [-0.4, -0.2) is 5.71 Å². The van der Waals surface area contributed by atoms with E-state index < -0.39 is 0 Å². The highest BCUT2D eigenvalue weighted by Gasteiger charge is 2.03. The van der Waals surface area contributed by atoms with E-state index in [0.717, 1.165) is 17.0 Å². The van der Waals surface area contributed by atoms with Crippen molar-refractivity contribution in [3.8, 4) is 0 Å². The Labute approximate surface area is 154 Å². The van der Waals surface area contributed by atoms with Crippen molar-refractivity contribution < 1.29 is 0 Å². The second kappa shape index (κ2) is 8.80. The smallest absolute Gasteiger partial charge is 0.0691 e. The van der Waals surface area contributed by atoms with Gasteiger partial charge in [0.15, 0.2) is 0 Å². The molecule has 0 amide bonds. The Hall–Kier alpha value is -2.15. The molecule has 0 saturated heterocycles. The maximum atomic E-state index is 4.62. The summed E-state index contributed by atoms with van der Waals surface area (Å²) >= 11 is 0. The molecule has 0 unspecified atom stereocenters. The van der Waals surface area contributed by atoms with Crippen LogP contribution in [0, 0.1) is 48.5 Å². The van der Waals surface area contributed by atoms with Crippen molar-refractivity contribution in [1.82, 2.24) is 0 Å². The molecular formula is C24H33N.